The fraction of sp³-hybridized carbons (Fsp3) is 0.611. The Labute approximate surface area is 162 Å². The first-order valence-corrected chi connectivity index (χ1v) is 10.9. The predicted molar refractivity (Wildman–Crippen MR) is 99.8 cm³/mol. The molecule has 1 N–H and O–H groups in total. The van der Waals surface area contributed by atoms with Crippen LogP contribution in [0.5, 0.6) is 0 Å². The number of rotatable bonds is 3. The Morgan fingerprint density at radius 1 is 1.39 bits per heavy atom. The van der Waals surface area contributed by atoms with Crippen LogP contribution in [0.4, 0.5) is 13.2 Å². The molecule has 0 saturated carbocycles. The summed E-state index contributed by atoms with van der Waals surface area (Å²) in [6, 6.07) is 5.17. The molecule has 1 aromatic rings. The molecule has 1 aromatic carbocycles. The van der Waals surface area contributed by atoms with Crippen molar-refractivity contribution in [2.45, 2.75) is 18.7 Å². The van der Waals surface area contributed by atoms with Crippen LogP contribution >= 0.6 is 0 Å². The molecule has 0 aromatic heterocycles. The molecule has 2 heterocycles. The molecule has 0 amide bonds. The van der Waals surface area contributed by atoms with Crippen LogP contribution in [0.1, 0.15) is 23.7 Å². The third-order valence-corrected chi connectivity index (χ3v) is 6.88. The summed E-state index contributed by atoms with van der Waals surface area (Å²) in [6.45, 7) is 1.78. The molecule has 2 atom stereocenters. The first-order chi connectivity index (χ1) is 13.2. The second-order valence-electron chi connectivity index (χ2n) is 7.13. The summed E-state index contributed by atoms with van der Waals surface area (Å²) in [5, 5.41) is 3.20. The Morgan fingerprint density at radius 3 is 2.82 bits per heavy atom. The van der Waals surface area contributed by atoms with Crippen LogP contribution in [0.25, 0.3) is 0 Å². The molecular formula is C18H24F3N3O3S. The molecule has 10 heteroatoms. The number of aliphatic imine (C=N–C) groups is 1. The third kappa shape index (κ3) is 5.16. The lowest BCUT2D eigenvalue weighted by Crippen LogP contribution is -2.49. The lowest BCUT2D eigenvalue weighted by atomic mass is 10.0. The van der Waals surface area contributed by atoms with Gasteiger partial charge in [0.1, 0.15) is 6.10 Å². The molecule has 0 aliphatic carbocycles. The standard InChI is InChI=1S/C18H24F3N3O3S/c1-22-17(23-10-13-5-8-28(25,26)12-13)24-6-7-27-16(11-24)14-3-2-4-15(9-14)18(19,20)21/h2-4,9,13,16H,5-8,10-12H2,1H3,(H,22,23). The average Bonchev–Trinajstić information content (AvgIpc) is 3.01. The summed E-state index contributed by atoms with van der Waals surface area (Å²) < 4.78 is 67.8. The normalized spacial score (nSPS) is 25.7. The highest BCUT2D eigenvalue weighted by Gasteiger charge is 2.32. The molecule has 3 rings (SSSR count). The van der Waals surface area contributed by atoms with Gasteiger partial charge in [0.25, 0.3) is 0 Å². The lowest BCUT2D eigenvalue weighted by molar-refractivity contribution is -0.137. The number of alkyl halides is 3. The van der Waals surface area contributed by atoms with Crippen LogP contribution < -0.4 is 5.32 Å². The van der Waals surface area contributed by atoms with Crippen molar-refractivity contribution in [3.05, 3.63) is 35.4 Å². The van der Waals surface area contributed by atoms with Crippen molar-refractivity contribution in [2.75, 3.05) is 44.8 Å². The Hall–Kier alpha value is -1.81. The number of hydrogen-bond donors (Lipinski definition) is 1. The lowest BCUT2D eigenvalue weighted by Gasteiger charge is -2.35. The number of sulfone groups is 1. The van der Waals surface area contributed by atoms with Gasteiger partial charge >= 0.3 is 6.18 Å². The van der Waals surface area contributed by atoms with Gasteiger partial charge in [0.05, 0.1) is 30.2 Å². The Bertz CT molecular complexity index is 827. The maximum Gasteiger partial charge on any atom is 0.416 e. The number of nitrogens with one attached hydrogen (secondary N) is 1. The molecule has 2 aliphatic heterocycles. The molecule has 156 valence electrons. The Balaban J connectivity index is 1.63. The van der Waals surface area contributed by atoms with Gasteiger partial charge in [-0.3, -0.25) is 4.99 Å². The van der Waals surface area contributed by atoms with E-state index in [1.165, 1.54) is 6.07 Å². The molecule has 0 radical (unpaired) electrons. The van der Waals surface area contributed by atoms with Gasteiger partial charge in [0, 0.05) is 20.1 Å². The summed E-state index contributed by atoms with van der Waals surface area (Å²) in [7, 11) is -1.31. The van der Waals surface area contributed by atoms with Crippen LogP contribution in [-0.2, 0) is 20.8 Å². The molecule has 0 spiro atoms. The largest absolute Gasteiger partial charge is 0.416 e. The van der Waals surface area contributed by atoms with Gasteiger partial charge in [-0.15, -0.1) is 0 Å². The SMILES string of the molecule is CN=C(NCC1CCS(=O)(=O)C1)N1CCOC(c2cccc(C(F)(F)F)c2)C1. The molecule has 2 aliphatic rings. The monoisotopic (exact) mass is 419 g/mol. The van der Waals surface area contributed by atoms with Crippen molar-refractivity contribution in [1.29, 1.82) is 0 Å². The zero-order valence-corrected chi connectivity index (χ0v) is 16.4. The summed E-state index contributed by atoms with van der Waals surface area (Å²) >= 11 is 0. The number of benzene rings is 1. The number of morpholine rings is 1. The molecule has 2 fully saturated rings. The van der Waals surface area contributed by atoms with Crippen molar-refractivity contribution < 1.29 is 26.3 Å². The van der Waals surface area contributed by atoms with E-state index < -0.39 is 27.7 Å². The molecule has 2 unspecified atom stereocenters. The van der Waals surface area contributed by atoms with Gasteiger partial charge in [-0.2, -0.15) is 13.2 Å². The van der Waals surface area contributed by atoms with E-state index >= 15 is 0 Å². The molecule has 28 heavy (non-hydrogen) atoms. The van der Waals surface area contributed by atoms with Gasteiger partial charge in [0.15, 0.2) is 15.8 Å². The number of nitrogens with zero attached hydrogens (tertiary/aromatic N) is 2. The fourth-order valence-corrected chi connectivity index (χ4v) is 5.42. The summed E-state index contributed by atoms with van der Waals surface area (Å²) in [4.78, 5) is 6.17. The van der Waals surface area contributed by atoms with E-state index in [1.54, 1.807) is 13.1 Å². The van der Waals surface area contributed by atoms with Gasteiger partial charge in [-0.05, 0) is 30.0 Å². The number of guanidine groups is 1. The van der Waals surface area contributed by atoms with Crippen LogP contribution in [0, 0.1) is 5.92 Å². The van der Waals surface area contributed by atoms with E-state index in [-0.39, 0.29) is 17.4 Å². The minimum atomic E-state index is -4.40. The first kappa shape index (κ1) is 20.9. The van der Waals surface area contributed by atoms with Crippen LogP contribution in [0.15, 0.2) is 29.3 Å². The van der Waals surface area contributed by atoms with Crippen LogP contribution in [-0.4, -0.2) is 64.1 Å². The number of halogens is 3. The van der Waals surface area contributed by atoms with Gasteiger partial charge in [-0.1, -0.05) is 12.1 Å². The van der Waals surface area contributed by atoms with E-state index in [9.17, 15) is 21.6 Å². The van der Waals surface area contributed by atoms with Crippen molar-refractivity contribution >= 4 is 15.8 Å². The van der Waals surface area contributed by atoms with E-state index in [1.807, 2.05) is 4.90 Å². The summed E-state index contributed by atoms with van der Waals surface area (Å²) in [5.41, 5.74) is -0.229. The van der Waals surface area contributed by atoms with Crippen molar-refractivity contribution in [2.24, 2.45) is 10.9 Å². The highest BCUT2D eigenvalue weighted by molar-refractivity contribution is 7.91. The van der Waals surface area contributed by atoms with Crippen LogP contribution in [0.2, 0.25) is 0 Å². The second-order valence-corrected chi connectivity index (χ2v) is 9.35. The molecule has 0 bridgehead atoms. The van der Waals surface area contributed by atoms with Gasteiger partial charge in [-0.25, -0.2) is 8.42 Å². The molecule has 2 saturated heterocycles. The third-order valence-electron chi connectivity index (χ3n) is 5.04. The zero-order valence-electron chi connectivity index (χ0n) is 15.6. The molecule has 6 nitrogen and oxygen atoms in total. The van der Waals surface area contributed by atoms with E-state index in [0.717, 1.165) is 12.1 Å². The average molecular weight is 419 g/mol. The highest BCUT2D eigenvalue weighted by Crippen LogP contribution is 2.32. The minimum absolute atomic E-state index is 0.0436. The quantitative estimate of drug-likeness (QED) is 0.600. The minimum Gasteiger partial charge on any atom is -0.370 e. The van der Waals surface area contributed by atoms with E-state index in [0.29, 0.717) is 44.2 Å². The maximum atomic E-state index is 13.0. The van der Waals surface area contributed by atoms with Crippen LogP contribution in [0.3, 0.4) is 0 Å². The summed E-state index contributed by atoms with van der Waals surface area (Å²) in [5.74, 6) is 1.03. The number of hydrogen-bond acceptors (Lipinski definition) is 4. The maximum absolute atomic E-state index is 13.0. The fourth-order valence-electron chi connectivity index (χ4n) is 3.56. The van der Waals surface area contributed by atoms with Gasteiger partial charge in [0.2, 0.25) is 0 Å². The van der Waals surface area contributed by atoms with Crippen molar-refractivity contribution in [3.63, 3.8) is 0 Å². The number of ether oxygens (including phenoxy) is 1. The Morgan fingerprint density at radius 2 is 2.18 bits per heavy atom. The zero-order chi connectivity index (χ0) is 20.4. The highest BCUT2D eigenvalue weighted by atomic mass is 32.2. The van der Waals surface area contributed by atoms with Gasteiger partial charge < -0.3 is 15.0 Å². The molecular weight excluding hydrogens is 395 g/mol. The predicted octanol–water partition coefficient (Wildman–Crippen LogP) is 2.09. The first-order valence-electron chi connectivity index (χ1n) is 9.13. The van der Waals surface area contributed by atoms with Crippen molar-refractivity contribution in [3.8, 4) is 0 Å². The summed E-state index contributed by atoms with van der Waals surface area (Å²) in [6.07, 6.45) is -4.27. The van der Waals surface area contributed by atoms with E-state index in [4.69, 9.17) is 4.74 Å². The van der Waals surface area contributed by atoms with Crippen molar-refractivity contribution in [1.82, 2.24) is 10.2 Å². The topological polar surface area (TPSA) is 71.0 Å². The van der Waals surface area contributed by atoms with E-state index in [2.05, 4.69) is 10.3 Å². The second kappa shape index (κ2) is 8.28. The Kier molecular flexibility index (Phi) is 6.18. The smallest absolute Gasteiger partial charge is 0.370 e.